The van der Waals surface area contributed by atoms with Crippen LogP contribution in [0.25, 0.3) is 6.08 Å². The largest absolute Gasteiger partial charge is 0.497 e. The van der Waals surface area contributed by atoms with Crippen molar-refractivity contribution in [3.8, 4) is 5.75 Å². The van der Waals surface area contributed by atoms with E-state index in [-0.39, 0.29) is 11.5 Å². The lowest BCUT2D eigenvalue weighted by Gasteiger charge is -2.23. The summed E-state index contributed by atoms with van der Waals surface area (Å²) in [6.45, 7) is 3.61. The van der Waals surface area contributed by atoms with Gasteiger partial charge in [0.25, 0.3) is 11.5 Å². The van der Waals surface area contributed by atoms with Crippen LogP contribution in [0.3, 0.4) is 0 Å². The van der Waals surface area contributed by atoms with Gasteiger partial charge in [0.1, 0.15) is 23.3 Å². The van der Waals surface area contributed by atoms with E-state index in [2.05, 4.69) is 10.3 Å². The number of anilines is 1. The third kappa shape index (κ3) is 4.36. The van der Waals surface area contributed by atoms with E-state index in [1.165, 1.54) is 11.3 Å². The molecule has 0 bridgehead atoms. The molecule has 0 saturated carbocycles. The monoisotopic (exact) mass is 485 g/mol. The Morgan fingerprint density at radius 3 is 2.49 bits per heavy atom. The van der Waals surface area contributed by atoms with Gasteiger partial charge < -0.3 is 14.5 Å². The maximum atomic E-state index is 13.6. The van der Waals surface area contributed by atoms with E-state index in [1.807, 2.05) is 73.7 Å². The van der Waals surface area contributed by atoms with Gasteiger partial charge in [-0.1, -0.05) is 41.7 Å². The number of hydrogen-bond donors (Lipinski definition) is 1. The van der Waals surface area contributed by atoms with Gasteiger partial charge in [0.05, 0.1) is 22.9 Å². The van der Waals surface area contributed by atoms with E-state index in [0.717, 1.165) is 11.3 Å². The Hall–Kier alpha value is -4.17. The van der Waals surface area contributed by atoms with Crippen molar-refractivity contribution in [3.05, 3.63) is 115 Å². The van der Waals surface area contributed by atoms with Gasteiger partial charge in [-0.2, -0.15) is 0 Å². The smallest absolute Gasteiger partial charge is 0.271 e. The van der Waals surface area contributed by atoms with Gasteiger partial charge in [-0.05, 0) is 61.9 Å². The minimum Gasteiger partial charge on any atom is -0.497 e. The molecule has 1 aliphatic heterocycles. The van der Waals surface area contributed by atoms with Crippen molar-refractivity contribution in [2.75, 3.05) is 12.4 Å². The maximum absolute atomic E-state index is 13.6. The highest BCUT2D eigenvalue weighted by molar-refractivity contribution is 7.07. The molecule has 2 aromatic heterocycles. The number of thiazole rings is 1. The number of nitrogens with zero attached hydrogens (tertiary/aromatic N) is 2. The van der Waals surface area contributed by atoms with Gasteiger partial charge in [-0.3, -0.25) is 14.2 Å². The summed E-state index contributed by atoms with van der Waals surface area (Å²) in [4.78, 5) is 32.2. The summed E-state index contributed by atoms with van der Waals surface area (Å²) in [5.74, 6) is 1.60. The van der Waals surface area contributed by atoms with E-state index in [4.69, 9.17) is 9.15 Å². The zero-order valence-corrected chi connectivity index (χ0v) is 20.3. The van der Waals surface area contributed by atoms with Gasteiger partial charge in [0, 0.05) is 5.69 Å². The second kappa shape index (κ2) is 9.23. The molecule has 35 heavy (non-hydrogen) atoms. The van der Waals surface area contributed by atoms with Crippen molar-refractivity contribution in [2.45, 2.75) is 19.9 Å². The number of aryl methyl sites for hydroxylation is 1. The number of hydrogen-bond acceptors (Lipinski definition) is 6. The van der Waals surface area contributed by atoms with Gasteiger partial charge in [0.15, 0.2) is 4.80 Å². The molecular weight excluding hydrogens is 462 g/mol. The lowest BCUT2D eigenvalue weighted by atomic mass is 10.00. The van der Waals surface area contributed by atoms with E-state index < -0.39 is 6.04 Å². The standard InChI is InChI=1S/C27H23N3O4S/c1-16-9-14-21(34-16)24-23(25(31)29-19-7-5-4-6-8-19)17(2)28-27-30(24)26(32)22(35-27)15-18-10-12-20(33-3)13-11-18/h4-15,24H,1-3H3,(H,29,31)/b22-15+/t24-/m0/s1. The van der Waals surface area contributed by atoms with Crippen LogP contribution >= 0.6 is 11.3 Å². The number of fused-ring (bicyclic) bond motifs is 1. The fourth-order valence-electron chi connectivity index (χ4n) is 4.05. The summed E-state index contributed by atoms with van der Waals surface area (Å²) in [5, 5.41) is 2.93. The third-order valence-corrected chi connectivity index (χ3v) is 6.73. The van der Waals surface area contributed by atoms with Crippen LogP contribution in [0, 0.1) is 6.92 Å². The number of allylic oxidation sites excluding steroid dienone is 1. The van der Waals surface area contributed by atoms with E-state index >= 15 is 0 Å². The molecule has 1 aliphatic rings. The minimum absolute atomic E-state index is 0.235. The van der Waals surface area contributed by atoms with E-state index in [9.17, 15) is 9.59 Å². The molecule has 0 fully saturated rings. The average molecular weight is 486 g/mol. The summed E-state index contributed by atoms with van der Waals surface area (Å²) < 4.78 is 13.2. The van der Waals surface area contributed by atoms with E-state index in [0.29, 0.717) is 37.8 Å². The highest BCUT2D eigenvalue weighted by Gasteiger charge is 2.34. The molecule has 0 unspecified atom stereocenters. The Balaban J connectivity index is 1.64. The second-order valence-electron chi connectivity index (χ2n) is 8.12. The normalized spacial score (nSPS) is 15.5. The van der Waals surface area contributed by atoms with Crippen LogP contribution < -0.4 is 24.9 Å². The number of methoxy groups -OCH3 is 1. The van der Waals surface area contributed by atoms with Crippen molar-refractivity contribution in [1.29, 1.82) is 0 Å². The number of rotatable bonds is 5. The first kappa shape index (κ1) is 22.6. The Kier molecular flexibility index (Phi) is 5.96. The summed E-state index contributed by atoms with van der Waals surface area (Å²) in [6, 6.07) is 19.5. The van der Waals surface area contributed by atoms with Crippen molar-refractivity contribution >= 4 is 29.0 Å². The quantitative estimate of drug-likeness (QED) is 0.466. The molecule has 1 atom stereocenters. The number of carbonyl (C=O) groups is 1. The first-order chi connectivity index (χ1) is 16.9. The molecule has 7 nitrogen and oxygen atoms in total. The second-order valence-corrected chi connectivity index (χ2v) is 9.13. The van der Waals surface area contributed by atoms with Gasteiger partial charge in [-0.15, -0.1) is 0 Å². The highest BCUT2D eigenvalue weighted by Crippen LogP contribution is 2.31. The SMILES string of the molecule is COc1ccc(/C=c2/sc3n(c2=O)[C@@H](c2ccc(C)o2)C(C(=O)Nc2ccccc2)=C(C)N=3)cc1. The predicted octanol–water partition coefficient (Wildman–Crippen LogP) is 3.78. The maximum Gasteiger partial charge on any atom is 0.271 e. The van der Waals surface area contributed by atoms with Crippen LogP contribution in [-0.4, -0.2) is 17.6 Å². The van der Waals surface area contributed by atoms with Crippen LogP contribution in [-0.2, 0) is 4.79 Å². The van der Waals surface area contributed by atoms with Crippen LogP contribution in [0.4, 0.5) is 5.69 Å². The summed E-state index contributed by atoms with van der Waals surface area (Å²) >= 11 is 1.28. The number of carbonyl (C=O) groups excluding carboxylic acids is 1. The molecule has 3 heterocycles. The summed E-state index contributed by atoms with van der Waals surface area (Å²) in [7, 11) is 1.61. The number of para-hydroxylation sites is 1. The fourth-order valence-corrected chi connectivity index (χ4v) is 5.10. The zero-order valence-electron chi connectivity index (χ0n) is 19.4. The summed E-state index contributed by atoms with van der Waals surface area (Å²) in [6.07, 6.45) is 1.82. The molecule has 5 rings (SSSR count). The van der Waals surface area contributed by atoms with Crippen molar-refractivity contribution in [1.82, 2.24) is 4.57 Å². The van der Waals surface area contributed by atoms with Crippen molar-refractivity contribution < 1.29 is 13.9 Å². The van der Waals surface area contributed by atoms with Crippen LogP contribution in [0.2, 0.25) is 0 Å². The molecule has 1 amide bonds. The third-order valence-electron chi connectivity index (χ3n) is 5.74. The van der Waals surface area contributed by atoms with Gasteiger partial charge in [0.2, 0.25) is 0 Å². The number of furan rings is 1. The van der Waals surface area contributed by atoms with Gasteiger partial charge >= 0.3 is 0 Å². The van der Waals surface area contributed by atoms with Crippen LogP contribution in [0.5, 0.6) is 5.75 Å². The topological polar surface area (TPSA) is 85.8 Å². The average Bonchev–Trinajstić information content (AvgIpc) is 3.42. The molecular formula is C27H23N3O4S. The molecule has 1 N–H and O–H groups in total. The number of benzene rings is 2. The minimum atomic E-state index is -0.735. The Morgan fingerprint density at radius 1 is 1.09 bits per heavy atom. The Labute approximate surface area is 205 Å². The van der Waals surface area contributed by atoms with Crippen molar-refractivity contribution in [2.24, 2.45) is 4.99 Å². The molecule has 0 spiro atoms. The predicted molar refractivity (Wildman–Crippen MR) is 135 cm³/mol. The number of aromatic nitrogens is 1. The lowest BCUT2D eigenvalue weighted by Crippen LogP contribution is -2.40. The van der Waals surface area contributed by atoms with E-state index in [1.54, 1.807) is 24.7 Å². The first-order valence-electron chi connectivity index (χ1n) is 11.0. The lowest BCUT2D eigenvalue weighted by molar-refractivity contribution is -0.113. The summed E-state index contributed by atoms with van der Waals surface area (Å²) in [5.41, 5.74) is 2.19. The Bertz CT molecular complexity index is 1610. The number of nitrogens with one attached hydrogen (secondary N) is 1. The first-order valence-corrected chi connectivity index (χ1v) is 11.9. The zero-order chi connectivity index (χ0) is 24.5. The molecule has 0 aliphatic carbocycles. The molecule has 2 aromatic carbocycles. The Morgan fingerprint density at radius 2 is 1.83 bits per heavy atom. The van der Waals surface area contributed by atoms with Crippen molar-refractivity contribution in [3.63, 3.8) is 0 Å². The van der Waals surface area contributed by atoms with Gasteiger partial charge in [-0.25, -0.2) is 4.99 Å². The number of amides is 1. The molecule has 0 saturated heterocycles. The number of ether oxygens (including phenoxy) is 1. The molecule has 0 radical (unpaired) electrons. The molecule has 8 heteroatoms. The highest BCUT2D eigenvalue weighted by atomic mass is 32.1. The molecule has 4 aromatic rings. The van der Waals surface area contributed by atoms with Crippen LogP contribution in [0.15, 0.2) is 92.2 Å². The van der Waals surface area contributed by atoms with Crippen LogP contribution in [0.1, 0.15) is 30.0 Å². The fraction of sp³-hybridized carbons (Fsp3) is 0.148. The molecule has 176 valence electrons.